The molecular weight excluding hydrogens is 352 g/mol. The van der Waals surface area contributed by atoms with E-state index in [0.29, 0.717) is 6.54 Å². The first kappa shape index (κ1) is 20.2. The van der Waals surface area contributed by atoms with E-state index in [1.165, 1.54) is 12.8 Å². The first-order valence-corrected chi connectivity index (χ1v) is 10.0. The summed E-state index contributed by atoms with van der Waals surface area (Å²) in [7, 11) is 1.64. The van der Waals surface area contributed by atoms with E-state index in [0.717, 1.165) is 35.5 Å². The van der Waals surface area contributed by atoms with E-state index in [1.807, 2.05) is 55.5 Å². The molecule has 3 rings (SSSR count). The smallest absolute Gasteiger partial charge is 0.225 e. The zero-order chi connectivity index (χ0) is 19.9. The summed E-state index contributed by atoms with van der Waals surface area (Å²) in [6.45, 7) is 2.26. The Hall–Kier alpha value is -2.53. The summed E-state index contributed by atoms with van der Waals surface area (Å²) in [5, 5.41) is 3.01. The molecule has 0 aliphatic heterocycles. The summed E-state index contributed by atoms with van der Waals surface area (Å²) in [6.07, 6.45) is 4.80. The standard InChI is InChI=1S/C23H30N2O3/c1-16(22(24)17-8-4-3-5-9-17)23(26)25-15-18-12-13-20(27-2)14-21(18)28-19-10-6-7-11-19/h3-5,8-9,12-14,16,19,22H,6-7,10-11,15,24H2,1-2H3,(H,25,26). The average molecular weight is 383 g/mol. The van der Waals surface area contributed by atoms with Crippen LogP contribution in [0.5, 0.6) is 11.5 Å². The van der Waals surface area contributed by atoms with Gasteiger partial charge in [0.25, 0.3) is 0 Å². The zero-order valence-electron chi connectivity index (χ0n) is 16.7. The molecule has 5 nitrogen and oxygen atoms in total. The molecule has 2 unspecified atom stereocenters. The quantitative estimate of drug-likeness (QED) is 0.724. The Bertz CT molecular complexity index is 773. The van der Waals surface area contributed by atoms with Gasteiger partial charge in [0.05, 0.1) is 19.1 Å². The van der Waals surface area contributed by atoms with Gasteiger partial charge in [0, 0.05) is 24.2 Å². The van der Waals surface area contributed by atoms with Crippen LogP contribution in [-0.4, -0.2) is 19.1 Å². The van der Waals surface area contributed by atoms with E-state index in [9.17, 15) is 4.79 Å². The van der Waals surface area contributed by atoms with Gasteiger partial charge in [-0.25, -0.2) is 0 Å². The molecule has 1 fully saturated rings. The van der Waals surface area contributed by atoms with E-state index in [4.69, 9.17) is 15.2 Å². The van der Waals surface area contributed by atoms with Crippen molar-refractivity contribution in [2.24, 2.45) is 11.7 Å². The van der Waals surface area contributed by atoms with Gasteiger partial charge >= 0.3 is 0 Å². The molecule has 1 saturated carbocycles. The van der Waals surface area contributed by atoms with Crippen LogP contribution in [0.15, 0.2) is 48.5 Å². The number of nitrogens with two attached hydrogens (primary N) is 1. The first-order valence-electron chi connectivity index (χ1n) is 10.0. The minimum Gasteiger partial charge on any atom is -0.497 e. The molecule has 1 aliphatic rings. The molecule has 0 bridgehead atoms. The summed E-state index contributed by atoms with van der Waals surface area (Å²) in [5.74, 6) is 1.13. The Labute approximate surface area is 167 Å². The predicted octanol–water partition coefficient (Wildman–Crippen LogP) is 3.97. The highest BCUT2D eigenvalue weighted by atomic mass is 16.5. The second-order valence-electron chi connectivity index (χ2n) is 7.44. The number of nitrogens with one attached hydrogen (secondary N) is 1. The molecule has 3 N–H and O–H groups in total. The molecule has 0 radical (unpaired) electrons. The molecule has 2 atom stereocenters. The van der Waals surface area contributed by atoms with Gasteiger partial charge in [-0.15, -0.1) is 0 Å². The van der Waals surface area contributed by atoms with Crippen molar-refractivity contribution in [3.63, 3.8) is 0 Å². The third-order valence-corrected chi connectivity index (χ3v) is 5.46. The molecule has 5 heteroatoms. The minimum atomic E-state index is -0.341. The van der Waals surface area contributed by atoms with E-state index in [2.05, 4.69) is 5.32 Å². The van der Waals surface area contributed by atoms with Crippen LogP contribution in [-0.2, 0) is 11.3 Å². The topological polar surface area (TPSA) is 73.6 Å². The number of carbonyl (C=O) groups excluding carboxylic acids is 1. The summed E-state index contributed by atoms with van der Waals surface area (Å²) < 4.78 is 11.5. The van der Waals surface area contributed by atoms with E-state index in [1.54, 1.807) is 7.11 Å². The SMILES string of the molecule is COc1ccc(CNC(=O)C(C)C(N)c2ccccc2)c(OC2CCCC2)c1. The maximum Gasteiger partial charge on any atom is 0.225 e. The predicted molar refractivity (Wildman–Crippen MR) is 110 cm³/mol. The molecule has 0 heterocycles. The van der Waals surface area contributed by atoms with Gasteiger partial charge in [0.1, 0.15) is 11.5 Å². The molecule has 2 aromatic carbocycles. The number of rotatable bonds is 8. The number of hydrogen-bond acceptors (Lipinski definition) is 4. The maximum absolute atomic E-state index is 12.7. The van der Waals surface area contributed by atoms with Crippen LogP contribution in [0.4, 0.5) is 0 Å². The Morgan fingerprint density at radius 3 is 2.57 bits per heavy atom. The largest absolute Gasteiger partial charge is 0.497 e. The maximum atomic E-state index is 12.7. The molecule has 150 valence electrons. The lowest BCUT2D eigenvalue weighted by Gasteiger charge is -2.21. The van der Waals surface area contributed by atoms with Crippen LogP contribution in [0, 0.1) is 5.92 Å². The highest BCUT2D eigenvalue weighted by Crippen LogP contribution is 2.30. The number of benzene rings is 2. The van der Waals surface area contributed by atoms with Crippen LogP contribution in [0.1, 0.15) is 49.8 Å². The van der Waals surface area contributed by atoms with Crippen LogP contribution >= 0.6 is 0 Å². The van der Waals surface area contributed by atoms with Crippen molar-refractivity contribution in [3.8, 4) is 11.5 Å². The Morgan fingerprint density at radius 2 is 1.89 bits per heavy atom. The highest BCUT2D eigenvalue weighted by molar-refractivity contribution is 5.79. The lowest BCUT2D eigenvalue weighted by molar-refractivity contribution is -0.125. The molecule has 0 aromatic heterocycles. The molecule has 2 aromatic rings. The van der Waals surface area contributed by atoms with Gasteiger partial charge < -0.3 is 20.5 Å². The number of hydrogen-bond donors (Lipinski definition) is 2. The van der Waals surface area contributed by atoms with E-state index >= 15 is 0 Å². The van der Waals surface area contributed by atoms with E-state index < -0.39 is 0 Å². The van der Waals surface area contributed by atoms with Gasteiger partial charge in [-0.3, -0.25) is 4.79 Å². The molecule has 0 saturated heterocycles. The van der Waals surface area contributed by atoms with Gasteiger partial charge in [-0.1, -0.05) is 37.3 Å². The fraction of sp³-hybridized carbons (Fsp3) is 0.435. The molecule has 1 amide bonds. The van der Waals surface area contributed by atoms with Gasteiger partial charge in [0.15, 0.2) is 0 Å². The monoisotopic (exact) mass is 382 g/mol. The number of ether oxygens (including phenoxy) is 2. The fourth-order valence-electron chi connectivity index (χ4n) is 3.57. The fourth-order valence-corrected chi connectivity index (χ4v) is 3.57. The Balaban J connectivity index is 1.64. The van der Waals surface area contributed by atoms with Crippen molar-refractivity contribution in [2.75, 3.05) is 7.11 Å². The van der Waals surface area contributed by atoms with Crippen molar-refractivity contribution in [2.45, 2.75) is 51.3 Å². The lowest BCUT2D eigenvalue weighted by atomic mass is 9.94. The minimum absolute atomic E-state index is 0.0704. The van der Waals surface area contributed by atoms with Crippen molar-refractivity contribution >= 4 is 5.91 Å². The molecular formula is C23H30N2O3. The molecule has 1 aliphatic carbocycles. The van der Waals surface area contributed by atoms with Crippen LogP contribution in [0.3, 0.4) is 0 Å². The van der Waals surface area contributed by atoms with Crippen molar-refractivity contribution in [1.82, 2.24) is 5.32 Å². The van der Waals surface area contributed by atoms with Gasteiger partial charge in [-0.05, 0) is 43.4 Å². The highest BCUT2D eigenvalue weighted by Gasteiger charge is 2.23. The van der Waals surface area contributed by atoms with Gasteiger partial charge in [-0.2, -0.15) is 0 Å². The Kier molecular flexibility index (Phi) is 6.93. The van der Waals surface area contributed by atoms with Crippen LogP contribution in [0.25, 0.3) is 0 Å². The van der Waals surface area contributed by atoms with Crippen molar-refractivity contribution < 1.29 is 14.3 Å². The third-order valence-electron chi connectivity index (χ3n) is 5.46. The average Bonchev–Trinajstić information content (AvgIpc) is 3.25. The normalized spacial score (nSPS) is 16.4. The molecule has 28 heavy (non-hydrogen) atoms. The Morgan fingerprint density at radius 1 is 1.18 bits per heavy atom. The summed E-state index contributed by atoms with van der Waals surface area (Å²) in [5.41, 5.74) is 8.19. The molecule has 0 spiro atoms. The second-order valence-corrected chi connectivity index (χ2v) is 7.44. The van der Waals surface area contributed by atoms with Crippen molar-refractivity contribution in [1.29, 1.82) is 0 Å². The summed E-state index contributed by atoms with van der Waals surface area (Å²) in [4.78, 5) is 12.7. The second kappa shape index (κ2) is 9.60. The first-order chi connectivity index (χ1) is 13.6. The zero-order valence-corrected chi connectivity index (χ0v) is 16.7. The van der Waals surface area contributed by atoms with Crippen LogP contribution in [0.2, 0.25) is 0 Å². The summed E-state index contributed by atoms with van der Waals surface area (Å²) >= 11 is 0. The van der Waals surface area contributed by atoms with Crippen molar-refractivity contribution in [3.05, 3.63) is 59.7 Å². The van der Waals surface area contributed by atoms with Crippen LogP contribution < -0.4 is 20.5 Å². The van der Waals surface area contributed by atoms with E-state index in [-0.39, 0.29) is 24.0 Å². The van der Waals surface area contributed by atoms with Gasteiger partial charge in [0.2, 0.25) is 5.91 Å². The third kappa shape index (κ3) is 5.04. The number of carbonyl (C=O) groups is 1. The number of methoxy groups -OCH3 is 1. The lowest BCUT2D eigenvalue weighted by Crippen LogP contribution is -2.35. The number of amides is 1. The summed E-state index contributed by atoms with van der Waals surface area (Å²) in [6, 6.07) is 15.1.